The highest BCUT2D eigenvalue weighted by molar-refractivity contribution is 5.75. The van der Waals surface area contributed by atoms with Crippen LogP contribution in [0.3, 0.4) is 0 Å². The SMILES string of the molecule is COCCNCc1nc2ccccc2n1C. The van der Waals surface area contributed by atoms with E-state index in [4.69, 9.17) is 4.74 Å². The average Bonchev–Trinajstić information content (AvgIpc) is 2.63. The summed E-state index contributed by atoms with van der Waals surface area (Å²) in [5.74, 6) is 1.05. The molecular weight excluding hydrogens is 202 g/mol. The van der Waals surface area contributed by atoms with E-state index < -0.39 is 0 Å². The summed E-state index contributed by atoms with van der Waals surface area (Å²) in [5.41, 5.74) is 2.22. The molecule has 1 heterocycles. The Bertz CT molecular complexity index is 464. The summed E-state index contributed by atoms with van der Waals surface area (Å²) in [4.78, 5) is 4.57. The molecule has 1 aromatic carbocycles. The van der Waals surface area contributed by atoms with Crippen LogP contribution in [-0.4, -0.2) is 29.8 Å². The number of rotatable bonds is 5. The number of hydrogen-bond donors (Lipinski definition) is 1. The highest BCUT2D eigenvalue weighted by Gasteiger charge is 2.05. The normalized spacial score (nSPS) is 11.1. The largest absolute Gasteiger partial charge is 0.383 e. The third-order valence-electron chi connectivity index (χ3n) is 2.65. The van der Waals surface area contributed by atoms with Gasteiger partial charge in [-0.3, -0.25) is 0 Å². The summed E-state index contributed by atoms with van der Waals surface area (Å²) < 4.78 is 7.10. The number of aromatic nitrogens is 2. The lowest BCUT2D eigenvalue weighted by molar-refractivity contribution is 0.199. The quantitative estimate of drug-likeness (QED) is 0.771. The number of aryl methyl sites for hydroxylation is 1. The van der Waals surface area contributed by atoms with Crippen molar-refractivity contribution in [2.75, 3.05) is 20.3 Å². The second kappa shape index (κ2) is 5.09. The predicted octanol–water partition coefficient (Wildman–Crippen LogP) is 1.31. The number of hydrogen-bond acceptors (Lipinski definition) is 3. The molecule has 1 aromatic heterocycles. The minimum Gasteiger partial charge on any atom is -0.383 e. The molecule has 2 rings (SSSR count). The fourth-order valence-corrected chi connectivity index (χ4v) is 1.73. The molecule has 2 aromatic rings. The van der Waals surface area contributed by atoms with Gasteiger partial charge in [-0.15, -0.1) is 0 Å². The highest BCUT2D eigenvalue weighted by Crippen LogP contribution is 2.13. The van der Waals surface area contributed by atoms with E-state index in [1.54, 1.807) is 7.11 Å². The van der Waals surface area contributed by atoms with E-state index in [0.717, 1.165) is 31.0 Å². The van der Waals surface area contributed by atoms with E-state index in [2.05, 4.69) is 20.9 Å². The lowest BCUT2D eigenvalue weighted by Gasteiger charge is -2.04. The van der Waals surface area contributed by atoms with Gasteiger partial charge in [-0.05, 0) is 12.1 Å². The lowest BCUT2D eigenvalue weighted by Crippen LogP contribution is -2.20. The van der Waals surface area contributed by atoms with Crippen LogP contribution in [0.4, 0.5) is 0 Å². The maximum absolute atomic E-state index is 4.98. The summed E-state index contributed by atoms with van der Waals surface area (Å²) in [6, 6.07) is 8.17. The molecule has 0 unspecified atom stereocenters. The Hall–Kier alpha value is -1.39. The van der Waals surface area contributed by atoms with Crippen LogP contribution in [-0.2, 0) is 18.3 Å². The van der Waals surface area contributed by atoms with Gasteiger partial charge in [0.15, 0.2) is 0 Å². The van der Waals surface area contributed by atoms with E-state index in [1.165, 1.54) is 5.52 Å². The van der Waals surface area contributed by atoms with Crippen molar-refractivity contribution < 1.29 is 4.74 Å². The van der Waals surface area contributed by atoms with Crippen LogP contribution in [0.1, 0.15) is 5.82 Å². The Balaban J connectivity index is 2.09. The van der Waals surface area contributed by atoms with Crippen LogP contribution < -0.4 is 5.32 Å². The summed E-state index contributed by atoms with van der Waals surface area (Å²) in [6.45, 7) is 2.35. The predicted molar refractivity (Wildman–Crippen MR) is 64.3 cm³/mol. The minimum absolute atomic E-state index is 0.726. The van der Waals surface area contributed by atoms with Gasteiger partial charge in [-0.2, -0.15) is 0 Å². The van der Waals surface area contributed by atoms with Crippen molar-refractivity contribution >= 4 is 11.0 Å². The fraction of sp³-hybridized carbons (Fsp3) is 0.417. The summed E-state index contributed by atoms with van der Waals surface area (Å²) in [5, 5.41) is 3.30. The number of methoxy groups -OCH3 is 1. The van der Waals surface area contributed by atoms with Crippen LogP contribution in [0.25, 0.3) is 11.0 Å². The fourth-order valence-electron chi connectivity index (χ4n) is 1.73. The van der Waals surface area contributed by atoms with Gasteiger partial charge in [0.25, 0.3) is 0 Å². The van der Waals surface area contributed by atoms with Crippen LogP contribution in [0.5, 0.6) is 0 Å². The minimum atomic E-state index is 0.726. The number of ether oxygens (including phenoxy) is 1. The monoisotopic (exact) mass is 219 g/mol. The molecule has 1 N–H and O–H groups in total. The van der Waals surface area contributed by atoms with Crippen molar-refractivity contribution in [3.05, 3.63) is 30.1 Å². The van der Waals surface area contributed by atoms with E-state index in [9.17, 15) is 0 Å². The molecule has 4 nitrogen and oxygen atoms in total. The number of imidazole rings is 1. The summed E-state index contributed by atoms with van der Waals surface area (Å²) in [6.07, 6.45) is 0. The second-order valence-electron chi connectivity index (χ2n) is 3.75. The molecule has 0 amide bonds. The van der Waals surface area contributed by atoms with Crippen molar-refractivity contribution in [3.8, 4) is 0 Å². The first-order valence-corrected chi connectivity index (χ1v) is 5.43. The smallest absolute Gasteiger partial charge is 0.123 e. The molecule has 0 saturated carbocycles. The zero-order chi connectivity index (χ0) is 11.4. The number of fused-ring (bicyclic) bond motifs is 1. The lowest BCUT2D eigenvalue weighted by atomic mass is 10.3. The molecule has 0 aliphatic rings. The molecule has 0 saturated heterocycles. The van der Waals surface area contributed by atoms with E-state index in [1.807, 2.05) is 25.2 Å². The number of para-hydroxylation sites is 2. The average molecular weight is 219 g/mol. The number of benzene rings is 1. The first-order valence-electron chi connectivity index (χ1n) is 5.43. The first-order chi connectivity index (χ1) is 7.83. The third-order valence-corrected chi connectivity index (χ3v) is 2.65. The second-order valence-corrected chi connectivity index (χ2v) is 3.75. The Kier molecular flexibility index (Phi) is 3.54. The van der Waals surface area contributed by atoms with Crippen LogP contribution in [0.15, 0.2) is 24.3 Å². The van der Waals surface area contributed by atoms with E-state index in [0.29, 0.717) is 0 Å². The molecule has 0 radical (unpaired) electrons. The standard InChI is InChI=1S/C12H17N3O/c1-15-11-6-4-3-5-10(11)14-12(15)9-13-7-8-16-2/h3-6,13H,7-9H2,1-2H3. The van der Waals surface area contributed by atoms with Gasteiger partial charge >= 0.3 is 0 Å². The Morgan fingerprint density at radius 1 is 1.38 bits per heavy atom. The van der Waals surface area contributed by atoms with Crippen LogP contribution in [0, 0.1) is 0 Å². The molecule has 4 heteroatoms. The maximum atomic E-state index is 4.98. The molecule has 0 spiro atoms. The van der Waals surface area contributed by atoms with Gasteiger partial charge in [0.1, 0.15) is 5.82 Å². The molecule has 86 valence electrons. The van der Waals surface area contributed by atoms with Gasteiger partial charge < -0.3 is 14.6 Å². The molecule has 0 atom stereocenters. The molecule has 0 aliphatic carbocycles. The highest BCUT2D eigenvalue weighted by atomic mass is 16.5. The van der Waals surface area contributed by atoms with Gasteiger partial charge in [-0.1, -0.05) is 12.1 Å². The van der Waals surface area contributed by atoms with Gasteiger partial charge in [0, 0.05) is 20.7 Å². The Morgan fingerprint density at radius 2 is 2.19 bits per heavy atom. The van der Waals surface area contributed by atoms with Gasteiger partial charge in [-0.25, -0.2) is 4.98 Å². The molecule has 0 fully saturated rings. The van der Waals surface area contributed by atoms with Crippen LogP contribution >= 0.6 is 0 Å². The maximum Gasteiger partial charge on any atom is 0.123 e. The van der Waals surface area contributed by atoms with Gasteiger partial charge in [0.2, 0.25) is 0 Å². The topological polar surface area (TPSA) is 39.1 Å². The summed E-state index contributed by atoms with van der Waals surface area (Å²) >= 11 is 0. The summed E-state index contributed by atoms with van der Waals surface area (Å²) in [7, 11) is 3.75. The van der Waals surface area contributed by atoms with Crippen molar-refractivity contribution in [3.63, 3.8) is 0 Å². The van der Waals surface area contributed by atoms with Crippen LogP contribution in [0.2, 0.25) is 0 Å². The van der Waals surface area contributed by atoms with Crippen molar-refractivity contribution in [2.24, 2.45) is 7.05 Å². The first kappa shape index (κ1) is 11.1. The van der Waals surface area contributed by atoms with Crippen molar-refractivity contribution in [1.29, 1.82) is 0 Å². The number of nitrogens with one attached hydrogen (secondary N) is 1. The van der Waals surface area contributed by atoms with Crippen molar-refractivity contribution in [2.45, 2.75) is 6.54 Å². The molecule has 0 bridgehead atoms. The van der Waals surface area contributed by atoms with Gasteiger partial charge in [0.05, 0.1) is 24.2 Å². The van der Waals surface area contributed by atoms with E-state index in [-0.39, 0.29) is 0 Å². The molecular formula is C12H17N3O. The zero-order valence-corrected chi connectivity index (χ0v) is 9.73. The zero-order valence-electron chi connectivity index (χ0n) is 9.73. The number of nitrogens with zero attached hydrogens (tertiary/aromatic N) is 2. The molecule has 0 aliphatic heterocycles. The Morgan fingerprint density at radius 3 is 2.94 bits per heavy atom. The van der Waals surface area contributed by atoms with Crippen molar-refractivity contribution in [1.82, 2.24) is 14.9 Å². The Labute approximate surface area is 95.2 Å². The third kappa shape index (κ3) is 2.23. The molecule has 16 heavy (non-hydrogen) atoms. The van der Waals surface area contributed by atoms with E-state index >= 15 is 0 Å².